The van der Waals surface area contributed by atoms with Crippen LogP contribution in [0.1, 0.15) is 37.8 Å². The lowest BCUT2D eigenvalue weighted by Crippen LogP contribution is -2.53. The zero-order valence-electron chi connectivity index (χ0n) is 24.5. The van der Waals surface area contributed by atoms with E-state index in [1.165, 1.54) is 30.5 Å². The number of fused-ring (bicyclic) bond motifs is 3. The molecule has 12 nitrogen and oxygen atoms in total. The number of aromatic nitrogens is 2. The van der Waals surface area contributed by atoms with E-state index in [1.54, 1.807) is 29.8 Å². The molecule has 3 aromatic rings. The maximum Gasteiger partial charge on any atom is 0.332 e. The number of methoxy groups -OCH3 is 2. The van der Waals surface area contributed by atoms with Crippen molar-refractivity contribution in [1.82, 2.24) is 20.2 Å². The average Bonchev–Trinajstić information content (AvgIpc) is 3.34. The third-order valence-corrected chi connectivity index (χ3v) is 9.42. The van der Waals surface area contributed by atoms with Crippen LogP contribution in [0.25, 0.3) is 21.6 Å². The third kappa shape index (κ3) is 5.83. The van der Waals surface area contributed by atoms with Crippen LogP contribution in [0.3, 0.4) is 0 Å². The lowest BCUT2D eigenvalue weighted by atomic mass is 10.1. The molecular formula is C31H29ClN6O6S. The molecule has 2 aliphatic heterocycles. The number of pyridine rings is 1. The van der Waals surface area contributed by atoms with Crippen molar-refractivity contribution in [3.63, 3.8) is 0 Å². The Bertz CT molecular complexity index is 1790. The number of amides is 3. The molecular weight excluding hydrogens is 620 g/mol. The number of nitrogens with one attached hydrogen (secondary N) is 1. The van der Waals surface area contributed by atoms with Crippen LogP contribution in [-0.4, -0.2) is 77.4 Å². The Hall–Kier alpha value is -4.54. The number of hydrogen-bond donors (Lipinski definition) is 1. The molecule has 6 rings (SSSR count). The first-order chi connectivity index (χ1) is 21.8. The van der Waals surface area contributed by atoms with Crippen LogP contribution < -0.4 is 14.8 Å². The number of carbonyl (C=O) groups excluding carboxylic acids is 3. The molecule has 2 aromatic heterocycles. The molecule has 1 aliphatic carbocycles. The second-order valence-electron chi connectivity index (χ2n) is 11.0. The van der Waals surface area contributed by atoms with Gasteiger partial charge in [0, 0.05) is 35.4 Å². The number of nitriles is 1. The topological polar surface area (TPSA) is 156 Å². The normalized spacial score (nSPS) is 25.4. The molecule has 1 saturated heterocycles. The van der Waals surface area contributed by atoms with E-state index in [1.807, 2.05) is 18.2 Å². The number of ether oxygens (including phenoxy) is 3. The molecule has 0 radical (unpaired) electrons. The number of rotatable bonds is 5. The zero-order valence-corrected chi connectivity index (χ0v) is 26.1. The van der Waals surface area contributed by atoms with E-state index < -0.39 is 35.6 Å². The molecule has 2 fully saturated rings. The standard InChI is InChI=1S/C31H29ClN6O6S/c1-42-23-9-8-20-24(12-21(36-26(20)25(23)32)28-35-18(14-33)16-45-28)44-19-11-22-27(39)34-10-6-4-3-5-7-17-13-31(17,29(40)43-2)37-30(41)38(22)15-19/h5,7-10,12,16-17,19,22H,3-4,6,11,13,15H2,1-2H3,(H,37,41)/b7-5-,34-10?/t17-,19-,22-,31+/m0/s1. The second-order valence-corrected chi connectivity index (χ2v) is 12.2. The largest absolute Gasteiger partial charge is 0.495 e. The Morgan fingerprint density at radius 1 is 1.22 bits per heavy atom. The van der Waals surface area contributed by atoms with Gasteiger partial charge in [0.25, 0.3) is 5.91 Å². The highest BCUT2D eigenvalue weighted by molar-refractivity contribution is 7.13. The minimum Gasteiger partial charge on any atom is -0.495 e. The summed E-state index contributed by atoms with van der Waals surface area (Å²) >= 11 is 7.92. The summed E-state index contributed by atoms with van der Waals surface area (Å²) in [6.45, 7) is 0.0500. The molecule has 1 aromatic carbocycles. The van der Waals surface area contributed by atoms with E-state index in [0.29, 0.717) is 45.9 Å². The van der Waals surface area contributed by atoms with Crippen LogP contribution in [-0.2, 0) is 14.3 Å². The lowest BCUT2D eigenvalue weighted by molar-refractivity contribution is -0.144. The van der Waals surface area contributed by atoms with E-state index in [9.17, 15) is 19.6 Å². The van der Waals surface area contributed by atoms with Gasteiger partial charge in [-0.3, -0.25) is 4.79 Å². The summed E-state index contributed by atoms with van der Waals surface area (Å²) < 4.78 is 16.9. The summed E-state index contributed by atoms with van der Waals surface area (Å²) in [6.07, 6.45) is 7.60. The molecule has 1 saturated carbocycles. The molecule has 14 heteroatoms. The minimum atomic E-state index is -1.19. The van der Waals surface area contributed by atoms with Gasteiger partial charge in [-0.1, -0.05) is 23.8 Å². The average molecular weight is 649 g/mol. The van der Waals surface area contributed by atoms with Gasteiger partial charge in [-0.15, -0.1) is 11.3 Å². The maximum atomic E-state index is 13.7. The van der Waals surface area contributed by atoms with Gasteiger partial charge in [0.15, 0.2) is 5.69 Å². The van der Waals surface area contributed by atoms with Gasteiger partial charge >= 0.3 is 12.0 Å². The van der Waals surface area contributed by atoms with Gasteiger partial charge in [0.1, 0.15) is 51.0 Å². The van der Waals surface area contributed by atoms with Crippen LogP contribution in [0.15, 0.2) is 40.7 Å². The molecule has 0 unspecified atom stereocenters. The Balaban J connectivity index is 1.34. The molecule has 4 heterocycles. The van der Waals surface area contributed by atoms with Crippen molar-refractivity contribution in [3.8, 4) is 28.3 Å². The maximum absolute atomic E-state index is 13.7. The summed E-state index contributed by atoms with van der Waals surface area (Å²) in [4.78, 5) is 54.4. The number of allylic oxidation sites excluding steroid dienone is 1. The fraction of sp³-hybridized carbons (Fsp3) is 0.387. The van der Waals surface area contributed by atoms with Crippen LogP contribution >= 0.6 is 22.9 Å². The number of halogens is 1. The number of carbonyl (C=O) groups is 3. The van der Waals surface area contributed by atoms with Gasteiger partial charge in [0.2, 0.25) is 0 Å². The number of thiazole rings is 1. The quantitative estimate of drug-likeness (QED) is 0.306. The SMILES string of the molecule is COC(=O)[C@@]12C[C@@H]1/C=C\CCCC=NC(=O)[C@@H]1C[C@H](Oc3cc(-c4nc(C#N)cs4)nc4c(Cl)c(OC)ccc34)CN1C(=O)N2. The van der Waals surface area contributed by atoms with Crippen molar-refractivity contribution in [1.29, 1.82) is 5.26 Å². The summed E-state index contributed by atoms with van der Waals surface area (Å²) in [5, 5.41) is 15.1. The van der Waals surface area contributed by atoms with Gasteiger partial charge in [0.05, 0.1) is 26.3 Å². The Morgan fingerprint density at radius 3 is 2.82 bits per heavy atom. The van der Waals surface area contributed by atoms with Crippen molar-refractivity contribution >= 4 is 58.0 Å². The monoisotopic (exact) mass is 648 g/mol. The highest BCUT2D eigenvalue weighted by atomic mass is 35.5. The van der Waals surface area contributed by atoms with Crippen molar-refractivity contribution < 1.29 is 28.6 Å². The predicted octanol–water partition coefficient (Wildman–Crippen LogP) is 4.69. The molecule has 3 aliphatic rings. The van der Waals surface area contributed by atoms with E-state index in [-0.39, 0.29) is 29.6 Å². The lowest BCUT2D eigenvalue weighted by Gasteiger charge is -2.25. The predicted molar refractivity (Wildman–Crippen MR) is 167 cm³/mol. The smallest absolute Gasteiger partial charge is 0.332 e. The van der Waals surface area contributed by atoms with Gasteiger partial charge in [-0.25, -0.2) is 24.5 Å². The van der Waals surface area contributed by atoms with E-state index >= 15 is 0 Å². The van der Waals surface area contributed by atoms with Gasteiger partial charge in [-0.05, 0) is 37.8 Å². The number of aliphatic imine (C=N–C) groups is 1. The molecule has 0 bridgehead atoms. The van der Waals surface area contributed by atoms with E-state index in [0.717, 1.165) is 12.8 Å². The van der Waals surface area contributed by atoms with Crippen LogP contribution in [0.5, 0.6) is 11.5 Å². The zero-order chi connectivity index (χ0) is 31.7. The molecule has 4 atom stereocenters. The number of urea groups is 1. The first-order valence-electron chi connectivity index (χ1n) is 14.4. The Labute approximate surface area is 267 Å². The van der Waals surface area contributed by atoms with Crippen molar-refractivity contribution in [2.75, 3.05) is 20.8 Å². The second kappa shape index (κ2) is 12.5. The molecule has 232 valence electrons. The Morgan fingerprint density at radius 2 is 2.07 bits per heavy atom. The fourth-order valence-corrected chi connectivity index (χ4v) is 6.75. The summed E-state index contributed by atoms with van der Waals surface area (Å²) in [5.74, 6) is -0.385. The van der Waals surface area contributed by atoms with Gasteiger partial charge in [-0.2, -0.15) is 5.26 Å². The van der Waals surface area contributed by atoms with Crippen LogP contribution in [0.2, 0.25) is 5.02 Å². The third-order valence-electron chi connectivity index (χ3n) is 8.19. The number of hydrogen-bond acceptors (Lipinski definition) is 10. The van der Waals surface area contributed by atoms with Crippen molar-refractivity contribution in [2.45, 2.75) is 49.8 Å². The Kier molecular flexibility index (Phi) is 8.44. The van der Waals surface area contributed by atoms with Crippen LogP contribution in [0.4, 0.5) is 4.79 Å². The number of benzene rings is 1. The molecule has 1 N–H and O–H groups in total. The highest BCUT2D eigenvalue weighted by Crippen LogP contribution is 2.46. The van der Waals surface area contributed by atoms with Gasteiger partial charge < -0.3 is 24.4 Å². The van der Waals surface area contributed by atoms with Crippen molar-refractivity contribution in [3.05, 3.63) is 46.4 Å². The summed E-state index contributed by atoms with van der Waals surface area (Å²) in [5.41, 5.74) is -0.101. The first kappa shape index (κ1) is 30.5. The summed E-state index contributed by atoms with van der Waals surface area (Å²) in [6, 6.07) is 5.70. The summed E-state index contributed by atoms with van der Waals surface area (Å²) in [7, 11) is 2.79. The molecule has 45 heavy (non-hydrogen) atoms. The first-order valence-corrected chi connectivity index (χ1v) is 15.6. The number of esters is 1. The minimum absolute atomic E-state index is 0.0500. The fourth-order valence-electron chi connectivity index (χ4n) is 5.76. The van der Waals surface area contributed by atoms with Crippen molar-refractivity contribution in [2.24, 2.45) is 10.9 Å². The van der Waals surface area contributed by atoms with E-state index in [4.69, 9.17) is 30.8 Å². The number of nitrogens with zero attached hydrogens (tertiary/aromatic N) is 5. The molecule has 3 amide bonds. The van der Waals surface area contributed by atoms with E-state index in [2.05, 4.69) is 15.3 Å². The highest BCUT2D eigenvalue weighted by Gasteiger charge is 2.62. The van der Waals surface area contributed by atoms with Crippen LogP contribution in [0, 0.1) is 17.2 Å². The molecule has 0 spiro atoms.